The van der Waals surface area contributed by atoms with Crippen molar-refractivity contribution in [3.8, 4) is 0 Å². The lowest BCUT2D eigenvalue weighted by molar-refractivity contribution is -0.385. The summed E-state index contributed by atoms with van der Waals surface area (Å²) in [6.07, 6.45) is 0.355. The number of nitro groups is 1. The van der Waals surface area contributed by atoms with Gasteiger partial charge in [0.2, 0.25) is 0 Å². The molecule has 0 atom stereocenters. The van der Waals surface area contributed by atoms with Crippen molar-refractivity contribution in [2.45, 2.75) is 33.1 Å². The van der Waals surface area contributed by atoms with E-state index in [2.05, 4.69) is 0 Å². The van der Waals surface area contributed by atoms with Crippen LogP contribution in [0.5, 0.6) is 0 Å². The number of nitrogens with zero attached hydrogens (tertiary/aromatic N) is 1. The van der Waals surface area contributed by atoms with Gasteiger partial charge in [0.1, 0.15) is 0 Å². The molecule has 0 saturated carbocycles. The number of hydrogen-bond donors (Lipinski definition) is 0. The van der Waals surface area contributed by atoms with Gasteiger partial charge in [-0.15, -0.1) is 0 Å². The molecule has 0 aliphatic rings. The zero-order valence-corrected chi connectivity index (χ0v) is 10.8. The average molecular weight is 251 g/mol. The minimum atomic E-state index is -0.394. The van der Waals surface area contributed by atoms with Crippen LogP contribution in [-0.2, 0) is 16.0 Å². The van der Waals surface area contributed by atoms with E-state index in [1.54, 1.807) is 12.1 Å². The predicted molar refractivity (Wildman–Crippen MR) is 67.5 cm³/mol. The summed E-state index contributed by atoms with van der Waals surface area (Å²) >= 11 is 0. The van der Waals surface area contributed by atoms with Crippen LogP contribution < -0.4 is 0 Å². The molecule has 0 N–H and O–H groups in total. The topological polar surface area (TPSA) is 69.4 Å². The van der Waals surface area contributed by atoms with Gasteiger partial charge in [-0.05, 0) is 11.5 Å². The maximum Gasteiger partial charge on any atom is 0.302 e. The van der Waals surface area contributed by atoms with Crippen LogP contribution in [0.4, 0.5) is 5.69 Å². The van der Waals surface area contributed by atoms with E-state index in [1.807, 2.05) is 19.9 Å². The van der Waals surface area contributed by atoms with Gasteiger partial charge in [0.25, 0.3) is 5.69 Å². The van der Waals surface area contributed by atoms with E-state index in [0.29, 0.717) is 12.0 Å². The number of hydrogen-bond acceptors (Lipinski definition) is 4. The second-order valence-electron chi connectivity index (χ2n) is 4.39. The Morgan fingerprint density at radius 1 is 1.44 bits per heavy atom. The molecule has 1 aromatic carbocycles. The van der Waals surface area contributed by atoms with Crippen molar-refractivity contribution < 1.29 is 14.5 Å². The second kappa shape index (κ2) is 6.14. The van der Waals surface area contributed by atoms with Crippen molar-refractivity contribution in [1.82, 2.24) is 0 Å². The van der Waals surface area contributed by atoms with Crippen molar-refractivity contribution in [3.05, 3.63) is 39.4 Å². The van der Waals surface area contributed by atoms with Crippen LogP contribution in [0.1, 0.15) is 37.8 Å². The molecule has 0 amide bonds. The number of benzene rings is 1. The first-order valence-corrected chi connectivity index (χ1v) is 5.82. The Morgan fingerprint density at radius 2 is 2.11 bits per heavy atom. The molecule has 0 spiro atoms. The smallest absolute Gasteiger partial charge is 0.302 e. The molecule has 0 radical (unpaired) electrons. The third-order valence-corrected chi connectivity index (χ3v) is 2.65. The summed E-state index contributed by atoms with van der Waals surface area (Å²) in [6, 6.07) is 5.20. The van der Waals surface area contributed by atoms with E-state index in [-0.39, 0.29) is 24.2 Å². The maximum atomic E-state index is 11.0. The molecular weight excluding hydrogens is 234 g/mol. The standard InChI is InChI=1S/C13H17NO4/c1-9(2)12-5-4-11(6-7-18-10(3)15)13(8-12)14(16)17/h4-5,8-9H,6-7H2,1-3H3. The Bertz CT molecular complexity index is 454. The normalized spacial score (nSPS) is 10.4. The first-order valence-electron chi connectivity index (χ1n) is 5.82. The summed E-state index contributed by atoms with van der Waals surface area (Å²) in [4.78, 5) is 21.2. The van der Waals surface area contributed by atoms with Crippen LogP contribution in [0, 0.1) is 10.1 Å². The highest BCUT2D eigenvalue weighted by Crippen LogP contribution is 2.25. The Hall–Kier alpha value is -1.91. The quantitative estimate of drug-likeness (QED) is 0.458. The number of nitro benzene ring substituents is 1. The van der Waals surface area contributed by atoms with E-state index in [9.17, 15) is 14.9 Å². The fraction of sp³-hybridized carbons (Fsp3) is 0.462. The van der Waals surface area contributed by atoms with E-state index in [0.717, 1.165) is 5.56 Å². The van der Waals surface area contributed by atoms with Crippen LogP contribution in [0.2, 0.25) is 0 Å². The molecule has 0 bridgehead atoms. The molecule has 98 valence electrons. The van der Waals surface area contributed by atoms with E-state index in [4.69, 9.17) is 4.74 Å². The van der Waals surface area contributed by atoms with Gasteiger partial charge >= 0.3 is 5.97 Å². The lowest BCUT2D eigenvalue weighted by atomic mass is 9.99. The number of esters is 1. The number of ether oxygens (including phenoxy) is 1. The Kier molecular flexibility index (Phi) is 4.83. The fourth-order valence-electron chi connectivity index (χ4n) is 1.63. The molecule has 1 rings (SSSR count). The van der Waals surface area contributed by atoms with Gasteiger partial charge in [0.05, 0.1) is 11.5 Å². The zero-order valence-electron chi connectivity index (χ0n) is 10.8. The molecule has 5 heteroatoms. The SMILES string of the molecule is CC(=O)OCCc1ccc(C(C)C)cc1[N+](=O)[O-]. The molecule has 0 saturated heterocycles. The van der Waals surface area contributed by atoms with Crippen LogP contribution in [0.15, 0.2) is 18.2 Å². The molecule has 0 aliphatic heterocycles. The molecule has 0 aliphatic carbocycles. The van der Waals surface area contributed by atoms with Crippen LogP contribution in [0.3, 0.4) is 0 Å². The summed E-state index contributed by atoms with van der Waals surface area (Å²) in [7, 11) is 0. The summed E-state index contributed by atoms with van der Waals surface area (Å²) in [5, 5.41) is 11.0. The lowest BCUT2D eigenvalue weighted by Gasteiger charge is -2.08. The van der Waals surface area contributed by atoms with Crippen molar-refractivity contribution in [3.63, 3.8) is 0 Å². The third kappa shape index (κ3) is 3.84. The fourth-order valence-corrected chi connectivity index (χ4v) is 1.63. The Morgan fingerprint density at radius 3 is 2.61 bits per heavy atom. The van der Waals surface area contributed by atoms with Gasteiger partial charge in [-0.1, -0.05) is 26.0 Å². The highest BCUT2D eigenvalue weighted by atomic mass is 16.6. The molecular formula is C13H17NO4. The van der Waals surface area contributed by atoms with Crippen molar-refractivity contribution >= 4 is 11.7 Å². The zero-order chi connectivity index (χ0) is 13.7. The summed E-state index contributed by atoms with van der Waals surface area (Å²) < 4.78 is 4.80. The first kappa shape index (κ1) is 14.2. The minimum absolute atomic E-state index is 0.0911. The van der Waals surface area contributed by atoms with Gasteiger partial charge in [-0.3, -0.25) is 14.9 Å². The molecule has 0 unspecified atom stereocenters. The number of carbonyl (C=O) groups is 1. The molecule has 0 heterocycles. The lowest BCUT2D eigenvalue weighted by Crippen LogP contribution is -2.05. The highest BCUT2D eigenvalue weighted by Gasteiger charge is 2.15. The molecule has 0 fully saturated rings. The Labute approximate surface area is 106 Å². The Balaban J connectivity index is 2.90. The number of rotatable bonds is 5. The van der Waals surface area contributed by atoms with Crippen LogP contribution in [-0.4, -0.2) is 17.5 Å². The van der Waals surface area contributed by atoms with Crippen molar-refractivity contribution in [2.75, 3.05) is 6.61 Å². The van der Waals surface area contributed by atoms with Gasteiger partial charge in [-0.25, -0.2) is 0 Å². The van der Waals surface area contributed by atoms with E-state index >= 15 is 0 Å². The van der Waals surface area contributed by atoms with Gasteiger partial charge in [-0.2, -0.15) is 0 Å². The molecule has 18 heavy (non-hydrogen) atoms. The molecule has 1 aromatic rings. The van der Waals surface area contributed by atoms with E-state index in [1.165, 1.54) is 6.92 Å². The predicted octanol–water partition coefficient (Wildman–Crippen LogP) is 2.82. The minimum Gasteiger partial charge on any atom is -0.466 e. The van der Waals surface area contributed by atoms with Crippen LogP contribution in [0.25, 0.3) is 0 Å². The van der Waals surface area contributed by atoms with Gasteiger partial charge in [0.15, 0.2) is 0 Å². The largest absolute Gasteiger partial charge is 0.466 e. The summed E-state index contributed by atoms with van der Waals surface area (Å²) in [5.74, 6) is -0.136. The molecule has 5 nitrogen and oxygen atoms in total. The van der Waals surface area contributed by atoms with Crippen molar-refractivity contribution in [2.24, 2.45) is 0 Å². The first-order chi connectivity index (χ1) is 8.41. The molecule has 0 aromatic heterocycles. The van der Waals surface area contributed by atoms with Gasteiger partial charge < -0.3 is 4.74 Å². The number of carbonyl (C=O) groups excluding carboxylic acids is 1. The summed E-state index contributed by atoms with van der Waals surface area (Å²) in [5.41, 5.74) is 1.61. The third-order valence-electron chi connectivity index (χ3n) is 2.65. The average Bonchev–Trinajstić information content (AvgIpc) is 2.28. The van der Waals surface area contributed by atoms with Crippen LogP contribution >= 0.6 is 0 Å². The van der Waals surface area contributed by atoms with Gasteiger partial charge in [0, 0.05) is 25.0 Å². The summed E-state index contributed by atoms with van der Waals surface area (Å²) in [6.45, 7) is 5.45. The monoisotopic (exact) mass is 251 g/mol. The second-order valence-corrected chi connectivity index (χ2v) is 4.39. The highest BCUT2D eigenvalue weighted by molar-refractivity contribution is 5.65. The van der Waals surface area contributed by atoms with E-state index < -0.39 is 4.92 Å². The van der Waals surface area contributed by atoms with Crippen molar-refractivity contribution in [1.29, 1.82) is 0 Å². The maximum absolute atomic E-state index is 11.0.